The van der Waals surface area contributed by atoms with E-state index in [9.17, 15) is 14.4 Å². The molecular weight excluding hydrogens is 226 g/mol. The highest BCUT2D eigenvalue weighted by molar-refractivity contribution is 5.82. The summed E-state index contributed by atoms with van der Waals surface area (Å²) in [5, 5.41) is 17.6. The second-order valence-electron chi connectivity index (χ2n) is 4.34. The molecule has 1 atom stereocenters. The number of carboxylic acids is 2. The van der Waals surface area contributed by atoms with Crippen molar-refractivity contribution in [2.24, 2.45) is 5.92 Å². The quantitative estimate of drug-likeness (QED) is 0.692. The van der Waals surface area contributed by atoms with Gasteiger partial charge in [-0.15, -0.1) is 0 Å². The van der Waals surface area contributed by atoms with Crippen LogP contribution in [0.2, 0.25) is 0 Å². The minimum atomic E-state index is -1.10. The summed E-state index contributed by atoms with van der Waals surface area (Å²) in [6.45, 7) is 4.88. The lowest BCUT2D eigenvalue weighted by molar-refractivity contribution is -0.151. The van der Waals surface area contributed by atoms with E-state index in [1.54, 1.807) is 0 Å². The summed E-state index contributed by atoms with van der Waals surface area (Å²) in [7, 11) is 0. The van der Waals surface area contributed by atoms with E-state index >= 15 is 0 Å². The molecule has 6 nitrogen and oxygen atoms in total. The number of rotatable bonds is 7. The van der Waals surface area contributed by atoms with Crippen molar-refractivity contribution in [2.45, 2.75) is 39.7 Å². The summed E-state index contributed by atoms with van der Waals surface area (Å²) in [4.78, 5) is 34.0. The second kappa shape index (κ2) is 6.88. The van der Waals surface area contributed by atoms with Crippen LogP contribution >= 0.6 is 0 Å². The van der Waals surface area contributed by atoms with E-state index in [-0.39, 0.29) is 18.9 Å². The summed E-state index contributed by atoms with van der Waals surface area (Å²) < 4.78 is 0. The van der Waals surface area contributed by atoms with E-state index in [1.165, 1.54) is 6.92 Å². The number of carbonyl (C=O) groups excluding carboxylic acids is 1. The predicted molar refractivity (Wildman–Crippen MR) is 60.5 cm³/mol. The molecule has 0 aromatic carbocycles. The van der Waals surface area contributed by atoms with E-state index in [1.807, 2.05) is 13.8 Å². The Hall–Kier alpha value is -1.59. The average molecular weight is 245 g/mol. The van der Waals surface area contributed by atoms with Crippen molar-refractivity contribution in [3.05, 3.63) is 0 Å². The molecule has 0 bridgehead atoms. The number of amides is 1. The third kappa shape index (κ3) is 5.89. The number of hydrogen-bond donors (Lipinski definition) is 2. The van der Waals surface area contributed by atoms with Gasteiger partial charge in [0.15, 0.2) is 0 Å². The molecule has 17 heavy (non-hydrogen) atoms. The Morgan fingerprint density at radius 2 is 1.71 bits per heavy atom. The van der Waals surface area contributed by atoms with E-state index < -0.39 is 23.9 Å². The molecular formula is C11H19NO5. The zero-order chi connectivity index (χ0) is 13.6. The Kier molecular flexibility index (Phi) is 6.23. The Bertz CT molecular complexity index is 300. The second-order valence-corrected chi connectivity index (χ2v) is 4.34. The van der Waals surface area contributed by atoms with Crippen molar-refractivity contribution in [1.82, 2.24) is 4.90 Å². The van der Waals surface area contributed by atoms with Crippen molar-refractivity contribution < 1.29 is 24.6 Å². The topological polar surface area (TPSA) is 94.9 Å². The van der Waals surface area contributed by atoms with Gasteiger partial charge < -0.3 is 15.1 Å². The number of carbonyl (C=O) groups is 3. The molecule has 98 valence electrons. The van der Waals surface area contributed by atoms with Gasteiger partial charge >= 0.3 is 11.9 Å². The molecule has 0 aromatic heterocycles. The molecule has 0 fully saturated rings. The third-order valence-corrected chi connectivity index (χ3v) is 2.33. The van der Waals surface area contributed by atoms with Gasteiger partial charge in [0.2, 0.25) is 5.91 Å². The first-order chi connectivity index (χ1) is 7.75. The Labute approximate surface area is 100 Å². The first-order valence-electron chi connectivity index (χ1n) is 5.47. The Balaban J connectivity index is 4.77. The van der Waals surface area contributed by atoms with E-state index in [0.29, 0.717) is 6.42 Å². The molecule has 0 radical (unpaired) electrons. The molecule has 2 N–H and O–H groups in total. The molecule has 0 aliphatic rings. The van der Waals surface area contributed by atoms with Crippen LogP contribution in [0.1, 0.15) is 33.6 Å². The summed E-state index contributed by atoms with van der Waals surface area (Å²) >= 11 is 0. The van der Waals surface area contributed by atoms with Crippen molar-refractivity contribution in [3.8, 4) is 0 Å². The zero-order valence-electron chi connectivity index (χ0n) is 10.3. The lowest BCUT2D eigenvalue weighted by Gasteiger charge is -2.28. The van der Waals surface area contributed by atoms with Crippen molar-refractivity contribution in [2.75, 3.05) is 6.54 Å². The maximum absolute atomic E-state index is 11.4. The minimum Gasteiger partial charge on any atom is -0.481 e. The summed E-state index contributed by atoms with van der Waals surface area (Å²) in [5.74, 6) is -2.45. The average Bonchev–Trinajstić information content (AvgIpc) is 2.14. The maximum Gasteiger partial charge on any atom is 0.326 e. The molecule has 0 saturated carbocycles. The first-order valence-corrected chi connectivity index (χ1v) is 5.47. The van der Waals surface area contributed by atoms with Crippen LogP contribution in [0.3, 0.4) is 0 Å². The fraction of sp³-hybridized carbons (Fsp3) is 0.727. The highest BCUT2D eigenvalue weighted by Gasteiger charge is 2.28. The van der Waals surface area contributed by atoms with E-state index in [2.05, 4.69) is 0 Å². The molecule has 0 saturated heterocycles. The Morgan fingerprint density at radius 1 is 1.18 bits per heavy atom. The highest BCUT2D eigenvalue weighted by atomic mass is 16.4. The highest BCUT2D eigenvalue weighted by Crippen LogP contribution is 2.13. The van der Waals surface area contributed by atoms with Crippen LogP contribution in [-0.4, -0.2) is 45.5 Å². The number of hydrogen-bond acceptors (Lipinski definition) is 3. The standard InChI is InChI=1S/C11H19NO5/c1-7(2)6-9(11(16)17)12(8(3)13)5-4-10(14)15/h7,9H,4-6H2,1-3H3,(H,14,15)(H,16,17). The van der Waals surface area contributed by atoms with Gasteiger partial charge in [-0.25, -0.2) is 4.79 Å². The van der Waals surface area contributed by atoms with Gasteiger partial charge in [-0.05, 0) is 12.3 Å². The Morgan fingerprint density at radius 3 is 2.00 bits per heavy atom. The maximum atomic E-state index is 11.4. The van der Waals surface area contributed by atoms with Gasteiger partial charge in [0, 0.05) is 13.5 Å². The van der Waals surface area contributed by atoms with Gasteiger partial charge in [0.25, 0.3) is 0 Å². The largest absolute Gasteiger partial charge is 0.481 e. The van der Waals surface area contributed by atoms with Gasteiger partial charge in [-0.3, -0.25) is 9.59 Å². The number of carboxylic acid groups (broad SMARTS) is 2. The summed E-state index contributed by atoms with van der Waals surface area (Å²) in [5.41, 5.74) is 0. The molecule has 1 amide bonds. The van der Waals surface area contributed by atoms with Crippen molar-refractivity contribution in [3.63, 3.8) is 0 Å². The zero-order valence-corrected chi connectivity index (χ0v) is 10.3. The van der Waals surface area contributed by atoms with E-state index in [0.717, 1.165) is 4.90 Å². The molecule has 0 aliphatic carbocycles. The molecule has 0 heterocycles. The van der Waals surface area contributed by atoms with Gasteiger partial charge in [0.1, 0.15) is 6.04 Å². The van der Waals surface area contributed by atoms with Crippen LogP contribution in [-0.2, 0) is 14.4 Å². The van der Waals surface area contributed by atoms with Gasteiger partial charge in [-0.2, -0.15) is 0 Å². The number of aliphatic carboxylic acids is 2. The lowest BCUT2D eigenvalue weighted by Crippen LogP contribution is -2.45. The molecule has 0 spiro atoms. The molecule has 0 aliphatic heterocycles. The normalized spacial score (nSPS) is 12.2. The number of nitrogens with zero attached hydrogens (tertiary/aromatic N) is 1. The van der Waals surface area contributed by atoms with Crippen LogP contribution in [0, 0.1) is 5.92 Å². The van der Waals surface area contributed by atoms with E-state index in [4.69, 9.17) is 10.2 Å². The molecule has 0 rings (SSSR count). The minimum absolute atomic E-state index is 0.0750. The smallest absolute Gasteiger partial charge is 0.326 e. The van der Waals surface area contributed by atoms with Crippen LogP contribution in [0.15, 0.2) is 0 Å². The fourth-order valence-electron chi connectivity index (χ4n) is 1.56. The van der Waals surface area contributed by atoms with Crippen molar-refractivity contribution >= 4 is 17.8 Å². The van der Waals surface area contributed by atoms with Crippen molar-refractivity contribution in [1.29, 1.82) is 0 Å². The fourth-order valence-corrected chi connectivity index (χ4v) is 1.56. The third-order valence-electron chi connectivity index (χ3n) is 2.33. The van der Waals surface area contributed by atoms with Crippen LogP contribution in [0.4, 0.5) is 0 Å². The molecule has 6 heteroatoms. The first kappa shape index (κ1) is 15.4. The molecule has 1 unspecified atom stereocenters. The monoisotopic (exact) mass is 245 g/mol. The van der Waals surface area contributed by atoms with Gasteiger partial charge in [0.05, 0.1) is 6.42 Å². The lowest BCUT2D eigenvalue weighted by atomic mass is 10.0. The SMILES string of the molecule is CC(=O)N(CCC(=O)O)C(CC(C)C)C(=O)O. The van der Waals surface area contributed by atoms with Crippen LogP contribution in [0.25, 0.3) is 0 Å². The summed E-state index contributed by atoms with van der Waals surface area (Å²) in [6.07, 6.45) is 0.0655. The molecule has 0 aromatic rings. The van der Waals surface area contributed by atoms with Crippen LogP contribution < -0.4 is 0 Å². The summed E-state index contributed by atoms with van der Waals surface area (Å²) in [6, 6.07) is -0.952. The predicted octanol–water partition coefficient (Wildman–Crippen LogP) is 0.809. The van der Waals surface area contributed by atoms with Crippen LogP contribution in [0.5, 0.6) is 0 Å². The van der Waals surface area contributed by atoms with Gasteiger partial charge in [-0.1, -0.05) is 13.8 Å².